The molecule has 0 amide bonds. The maximum atomic E-state index is 13.1. The zero-order valence-electron chi connectivity index (χ0n) is 60.3. The smallest absolute Gasteiger partial charge is 0.462 e. The molecule has 12 atom stereocenters. The van der Waals surface area contributed by atoms with Crippen molar-refractivity contribution in [3.8, 4) is 0 Å². The van der Waals surface area contributed by atoms with Gasteiger partial charge in [0.15, 0.2) is 0 Å². The number of alkyl halides is 18. The first-order valence-corrected chi connectivity index (χ1v) is 33.4. The van der Waals surface area contributed by atoms with Crippen LogP contribution in [0, 0.1) is 23.7 Å². The predicted octanol–water partition coefficient (Wildman–Crippen LogP) is 16.0. The Kier molecular flexibility index (Phi) is 40.1. The van der Waals surface area contributed by atoms with Gasteiger partial charge in [-0.05, 0) is 73.6 Å². The van der Waals surface area contributed by atoms with Crippen LogP contribution in [0.2, 0.25) is 0 Å². The Labute approximate surface area is 623 Å². The molecule has 0 aliphatic rings. The zero-order chi connectivity index (χ0) is 84.4. The van der Waals surface area contributed by atoms with Crippen LogP contribution in [0.5, 0.6) is 0 Å². The molecule has 620 valence electrons. The van der Waals surface area contributed by atoms with Gasteiger partial charge in [-0.25, -0.2) is 28.8 Å². The highest BCUT2D eigenvalue weighted by atomic mass is 19.4. The highest BCUT2D eigenvalue weighted by Crippen LogP contribution is 2.39. The standard InChI is InChI=1S/2C34H40F6O9.C4F6O3/c2*1-21(29(25-13-7-5-8-14-25)48-31(43)33(35,36)37)27(46-23(3)41)17-11-19-45-20-12-18-28(47-24(4)42)22(2)30(26-15-9-6-10-16-26)49-32(44)34(38,39)40;5-3(6,7)1(11)13-2(12)4(8,9)10/h2*5-10,13-16,21-22,27-30H,11-12,17-20H2,1-4H3;. The van der Waals surface area contributed by atoms with Crippen LogP contribution in [-0.2, 0) is 100 Å². The third-order valence-corrected chi connectivity index (χ3v) is 15.7. The van der Waals surface area contributed by atoms with E-state index in [4.69, 9.17) is 47.4 Å². The number of carbonyl (C=O) groups excluding carboxylic acids is 10. The Hall–Kier alpha value is -9.56. The van der Waals surface area contributed by atoms with E-state index < -0.39 is 169 Å². The van der Waals surface area contributed by atoms with E-state index in [0.29, 0.717) is 0 Å². The van der Waals surface area contributed by atoms with Crippen molar-refractivity contribution in [2.45, 2.75) is 193 Å². The van der Waals surface area contributed by atoms with Crippen LogP contribution in [0.1, 0.15) is 153 Å². The summed E-state index contributed by atoms with van der Waals surface area (Å²) >= 11 is 0. The maximum absolute atomic E-state index is 13.1. The van der Waals surface area contributed by atoms with Crippen molar-refractivity contribution >= 4 is 59.7 Å². The van der Waals surface area contributed by atoms with Crippen molar-refractivity contribution in [1.82, 2.24) is 0 Å². The van der Waals surface area contributed by atoms with Crippen LogP contribution in [0.3, 0.4) is 0 Å². The highest BCUT2D eigenvalue weighted by Gasteiger charge is 2.51. The quantitative estimate of drug-likeness (QED) is 0.0134. The van der Waals surface area contributed by atoms with Gasteiger partial charge in [0, 0.05) is 77.8 Å². The SMILES string of the molecule is CC(=O)OC(CCCOCCCC(OC(C)=O)C(C)C(OC(=O)C(F)(F)F)c1ccccc1)C(C)C(OC(=O)C(F)(F)F)c1ccccc1.CC(=O)OC(CCCOCCCC(OC(C)=O)C(C)C(OC(=O)C(F)(F)F)c1ccccc1)C(C)C(OC(=O)C(F)(F)F)c1ccccc1.O=C(OC(=O)C(F)(F)F)C(F)(F)F. The topological polar surface area (TPSA) is 272 Å². The molecule has 0 fully saturated rings. The maximum Gasteiger partial charge on any atom is 0.491 e. The Morgan fingerprint density at radius 1 is 0.261 bits per heavy atom. The fourth-order valence-electron chi connectivity index (χ4n) is 10.5. The van der Waals surface area contributed by atoms with Gasteiger partial charge in [0.2, 0.25) is 0 Å². The summed E-state index contributed by atoms with van der Waals surface area (Å²) in [5, 5.41) is 0. The van der Waals surface area contributed by atoms with E-state index in [9.17, 15) is 127 Å². The number of halogens is 18. The zero-order valence-corrected chi connectivity index (χ0v) is 60.3. The van der Waals surface area contributed by atoms with Gasteiger partial charge in [-0.15, -0.1) is 0 Å². The summed E-state index contributed by atoms with van der Waals surface area (Å²) in [6.45, 7) is 11.0. The lowest BCUT2D eigenvalue weighted by Gasteiger charge is -2.31. The first kappa shape index (κ1) is 97.5. The minimum absolute atomic E-state index is 0.118. The molecule has 0 spiro atoms. The molecule has 39 heteroatoms. The molecule has 111 heavy (non-hydrogen) atoms. The highest BCUT2D eigenvalue weighted by molar-refractivity contribution is 5.91. The third kappa shape index (κ3) is 36.9. The number of benzene rings is 4. The third-order valence-electron chi connectivity index (χ3n) is 15.7. The summed E-state index contributed by atoms with van der Waals surface area (Å²) in [4.78, 5) is 114. The number of esters is 10. The van der Waals surface area contributed by atoms with Crippen LogP contribution in [0.15, 0.2) is 121 Å². The first-order valence-electron chi connectivity index (χ1n) is 33.4. The Balaban J connectivity index is 0.000000648. The summed E-state index contributed by atoms with van der Waals surface area (Å²) < 4.78 is 279. The van der Waals surface area contributed by atoms with Crippen LogP contribution in [0.25, 0.3) is 0 Å². The van der Waals surface area contributed by atoms with Crippen molar-refractivity contribution in [3.05, 3.63) is 144 Å². The van der Waals surface area contributed by atoms with Gasteiger partial charge in [0.05, 0.1) is 0 Å². The summed E-state index contributed by atoms with van der Waals surface area (Å²) in [6.07, 6.45) is -39.8. The molecule has 0 aromatic heterocycles. The van der Waals surface area contributed by atoms with Crippen molar-refractivity contribution in [1.29, 1.82) is 0 Å². The van der Waals surface area contributed by atoms with Gasteiger partial charge in [-0.2, -0.15) is 79.0 Å². The largest absolute Gasteiger partial charge is 0.491 e. The van der Waals surface area contributed by atoms with Crippen LogP contribution in [0.4, 0.5) is 79.0 Å². The number of rotatable bonds is 36. The number of hydrogen-bond acceptors (Lipinski definition) is 21. The second kappa shape index (κ2) is 45.7. The average molecular weight is 1620 g/mol. The summed E-state index contributed by atoms with van der Waals surface area (Å²) in [6, 6.07) is 31.0. The van der Waals surface area contributed by atoms with E-state index in [1.165, 1.54) is 76.2 Å². The second-order valence-corrected chi connectivity index (χ2v) is 24.4. The number of ether oxygens (including phenoxy) is 11. The molecular formula is C72H80F18O21. The van der Waals surface area contributed by atoms with Crippen molar-refractivity contribution in [3.63, 3.8) is 0 Å². The molecule has 0 aliphatic carbocycles. The fourth-order valence-corrected chi connectivity index (χ4v) is 10.5. The molecule has 0 aliphatic heterocycles. The molecule has 4 aromatic carbocycles. The summed E-state index contributed by atoms with van der Waals surface area (Å²) in [5.41, 5.74) is 1.11. The van der Waals surface area contributed by atoms with Gasteiger partial charge in [0.1, 0.15) is 48.8 Å². The van der Waals surface area contributed by atoms with Gasteiger partial charge in [0.25, 0.3) is 0 Å². The first-order chi connectivity index (χ1) is 51.4. The van der Waals surface area contributed by atoms with Crippen LogP contribution >= 0.6 is 0 Å². The van der Waals surface area contributed by atoms with Crippen molar-refractivity contribution in [2.24, 2.45) is 23.7 Å². The van der Waals surface area contributed by atoms with Gasteiger partial charge >= 0.3 is 96.8 Å². The lowest BCUT2D eigenvalue weighted by Crippen LogP contribution is -2.35. The lowest BCUT2D eigenvalue weighted by molar-refractivity contribution is -0.221. The van der Waals surface area contributed by atoms with E-state index in [0.717, 1.165) is 27.7 Å². The van der Waals surface area contributed by atoms with Crippen molar-refractivity contribution < 1.29 is 179 Å². The Bertz CT molecular complexity index is 3110. The molecule has 0 radical (unpaired) electrons. The normalized spacial score (nSPS) is 15.2. The monoisotopic (exact) mass is 1620 g/mol. The van der Waals surface area contributed by atoms with E-state index in [2.05, 4.69) is 4.74 Å². The molecule has 4 aromatic rings. The van der Waals surface area contributed by atoms with Gasteiger partial charge < -0.3 is 52.1 Å². The van der Waals surface area contributed by atoms with Gasteiger partial charge in [-0.3, -0.25) is 19.2 Å². The molecule has 0 saturated carbocycles. The van der Waals surface area contributed by atoms with E-state index in [-0.39, 0.29) is 100 Å². The molecule has 0 N–H and O–H groups in total. The number of hydrogen-bond donors (Lipinski definition) is 0. The van der Waals surface area contributed by atoms with Crippen LogP contribution < -0.4 is 0 Å². The van der Waals surface area contributed by atoms with E-state index in [1.54, 1.807) is 72.8 Å². The Morgan fingerprint density at radius 2 is 0.423 bits per heavy atom. The predicted molar refractivity (Wildman–Crippen MR) is 346 cm³/mol. The molecule has 0 bridgehead atoms. The van der Waals surface area contributed by atoms with E-state index in [1.807, 2.05) is 0 Å². The summed E-state index contributed by atoms with van der Waals surface area (Å²) in [5.74, 6) is -22.2. The van der Waals surface area contributed by atoms with Crippen LogP contribution in [-0.4, -0.2) is 148 Å². The van der Waals surface area contributed by atoms with E-state index >= 15 is 0 Å². The molecule has 21 nitrogen and oxygen atoms in total. The lowest BCUT2D eigenvalue weighted by atomic mass is 9.89. The minimum Gasteiger partial charge on any atom is -0.462 e. The molecule has 12 unspecified atom stereocenters. The second-order valence-electron chi connectivity index (χ2n) is 24.4. The molecule has 4 rings (SSSR count). The fraction of sp³-hybridized carbons (Fsp3) is 0.528. The number of carbonyl (C=O) groups is 10. The van der Waals surface area contributed by atoms with Crippen molar-refractivity contribution in [2.75, 3.05) is 26.4 Å². The molecule has 0 heterocycles. The molecular weight excluding hydrogens is 1540 g/mol. The summed E-state index contributed by atoms with van der Waals surface area (Å²) in [7, 11) is 0. The Morgan fingerprint density at radius 3 is 0.568 bits per heavy atom. The average Bonchev–Trinajstić information content (AvgIpc) is 0.843. The van der Waals surface area contributed by atoms with Gasteiger partial charge in [-0.1, -0.05) is 149 Å². The molecule has 0 saturated heterocycles. The minimum atomic E-state index is -5.62.